The van der Waals surface area contributed by atoms with E-state index in [-0.39, 0.29) is 0 Å². The molecule has 1 fully saturated rings. The SMILES string of the molecule is Cc1cccc(-c2nnc(C3CCN(Cc4ccc(-c5ccccc5-c5cnc6ccccn56)cc4)CC3)[nH]2)n1. The van der Waals surface area contributed by atoms with Gasteiger partial charge in [-0.1, -0.05) is 60.7 Å². The Labute approximate surface area is 233 Å². The van der Waals surface area contributed by atoms with Crippen LogP contribution in [-0.4, -0.2) is 47.5 Å². The highest BCUT2D eigenvalue weighted by Crippen LogP contribution is 2.33. The number of fused-ring (bicyclic) bond motifs is 1. The first-order chi connectivity index (χ1) is 19.7. The Kier molecular flexibility index (Phi) is 6.42. The Balaban J connectivity index is 1.01. The van der Waals surface area contributed by atoms with Gasteiger partial charge in [-0.3, -0.25) is 9.30 Å². The lowest BCUT2D eigenvalue weighted by atomic mass is 9.95. The average Bonchev–Trinajstić information content (AvgIpc) is 3.66. The number of aromatic nitrogens is 6. The van der Waals surface area contributed by atoms with Crippen molar-refractivity contribution < 1.29 is 0 Å². The summed E-state index contributed by atoms with van der Waals surface area (Å²) in [7, 11) is 0. The van der Waals surface area contributed by atoms with Gasteiger partial charge >= 0.3 is 0 Å². The molecule has 0 spiro atoms. The summed E-state index contributed by atoms with van der Waals surface area (Å²) in [6, 6.07) is 29.7. The van der Waals surface area contributed by atoms with E-state index in [9.17, 15) is 0 Å². The van der Waals surface area contributed by atoms with Gasteiger partial charge in [0, 0.05) is 29.9 Å². The summed E-state index contributed by atoms with van der Waals surface area (Å²) in [5.41, 5.74) is 8.84. The van der Waals surface area contributed by atoms with Crippen LogP contribution in [0.5, 0.6) is 0 Å². The Morgan fingerprint density at radius 3 is 2.45 bits per heavy atom. The maximum Gasteiger partial charge on any atom is 0.180 e. The number of nitrogens with one attached hydrogen (secondary N) is 1. The van der Waals surface area contributed by atoms with E-state index >= 15 is 0 Å². The summed E-state index contributed by atoms with van der Waals surface area (Å²) in [5.74, 6) is 2.14. The van der Waals surface area contributed by atoms with Crippen LogP contribution >= 0.6 is 0 Å². The number of piperidine rings is 1. The lowest BCUT2D eigenvalue weighted by Gasteiger charge is -2.30. The Bertz CT molecular complexity index is 1760. The molecule has 0 atom stereocenters. The first-order valence-electron chi connectivity index (χ1n) is 13.9. The van der Waals surface area contributed by atoms with Crippen molar-refractivity contribution in [2.45, 2.75) is 32.2 Å². The van der Waals surface area contributed by atoms with Crippen molar-refractivity contribution in [2.24, 2.45) is 0 Å². The fourth-order valence-electron chi connectivity index (χ4n) is 5.75. The third kappa shape index (κ3) is 4.80. The van der Waals surface area contributed by atoms with E-state index in [1.165, 1.54) is 22.3 Å². The van der Waals surface area contributed by atoms with Crippen LogP contribution in [0.1, 0.15) is 35.8 Å². The van der Waals surface area contributed by atoms with Gasteiger partial charge in [-0.2, -0.15) is 0 Å². The average molecular weight is 526 g/mol. The minimum atomic E-state index is 0.404. The van der Waals surface area contributed by atoms with E-state index in [1.807, 2.05) is 49.5 Å². The number of pyridine rings is 2. The molecule has 7 nitrogen and oxygen atoms in total. The predicted molar refractivity (Wildman–Crippen MR) is 158 cm³/mol. The van der Waals surface area contributed by atoms with Crippen molar-refractivity contribution in [1.82, 2.24) is 34.4 Å². The molecule has 4 aromatic heterocycles. The zero-order valence-electron chi connectivity index (χ0n) is 22.5. The van der Waals surface area contributed by atoms with Gasteiger partial charge in [-0.15, -0.1) is 10.2 Å². The molecule has 0 unspecified atom stereocenters. The summed E-state index contributed by atoms with van der Waals surface area (Å²) in [5, 5.41) is 8.84. The molecule has 0 amide bonds. The largest absolute Gasteiger partial charge is 0.323 e. The molecule has 6 aromatic rings. The fraction of sp³-hybridized carbons (Fsp3) is 0.212. The standard InChI is InChI=1S/C33H31N7/c1-23-7-6-10-29(35-23)33-36-32(37-38-33)26-16-19-39(20-17-26)22-24-12-14-25(15-13-24)27-8-2-3-9-28(27)30-21-34-31-11-4-5-18-40(30)31/h2-15,18,21,26H,16-17,19-20,22H2,1H3,(H,36,37,38). The second-order valence-electron chi connectivity index (χ2n) is 10.6. The van der Waals surface area contributed by atoms with E-state index < -0.39 is 0 Å². The molecule has 0 radical (unpaired) electrons. The first-order valence-corrected chi connectivity index (χ1v) is 13.9. The second-order valence-corrected chi connectivity index (χ2v) is 10.6. The molecule has 198 valence electrons. The van der Waals surface area contributed by atoms with E-state index in [4.69, 9.17) is 0 Å². The van der Waals surface area contributed by atoms with Crippen LogP contribution < -0.4 is 0 Å². The quantitative estimate of drug-likeness (QED) is 0.267. The number of imidazole rings is 1. The molecule has 7 heteroatoms. The molecule has 0 bridgehead atoms. The predicted octanol–water partition coefficient (Wildman–Crippen LogP) is 6.54. The normalized spacial score (nSPS) is 14.6. The van der Waals surface area contributed by atoms with Gasteiger partial charge in [0.05, 0.1) is 11.9 Å². The first kappa shape index (κ1) is 24.4. The molecule has 0 saturated carbocycles. The van der Waals surface area contributed by atoms with Crippen molar-refractivity contribution in [3.05, 3.63) is 114 Å². The Hall–Kier alpha value is -4.62. The molecule has 1 N–H and O–H groups in total. The molecular formula is C33H31N7. The number of aryl methyl sites for hydroxylation is 1. The Morgan fingerprint density at radius 1 is 0.825 bits per heavy atom. The minimum Gasteiger partial charge on any atom is -0.323 e. The number of nitrogens with zero attached hydrogens (tertiary/aromatic N) is 6. The van der Waals surface area contributed by atoms with Gasteiger partial charge in [-0.25, -0.2) is 9.97 Å². The van der Waals surface area contributed by atoms with Crippen LogP contribution in [-0.2, 0) is 6.54 Å². The lowest BCUT2D eigenvalue weighted by Crippen LogP contribution is -2.32. The molecule has 1 saturated heterocycles. The molecule has 5 heterocycles. The van der Waals surface area contributed by atoms with Crippen LogP contribution in [0.25, 0.3) is 39.5 Å². The number of hydrogen-bond acceptors (Lipinski definition) is 5. The van der Waals surface area contributed by atoms with E-state index in [2.05, 4.69) is 89.2 Å². The third-order valence-corrected chi connectivity index (χ3v) is 7.90. The second kappa shape index (κ2) is 10.5. The van der Waals surface area contributed by atoms with Crippen LogP contribution in [0, 0.1) is 6.92 Å². The third-order valence-electron chi connectivity index (χ3n) is 7.90. The Morgan fingerprint density at radius 2 is 1.62 bits per heavy atom. The summed E-state index contributed by atoms with van der Waals surface area (Å²) >= 11 is 0. The zero-order chi connectivity index (χ0) is 26.9. The highest BCUT2D eigenvalue weighted by atomic mass is 15.2. The number of hydrogen-bond donors (Lipinski definition) is 1. The van der Waals surface area contributed by atoms with E-state index in [1.54, 1.807) is 0 Å². The molecule has 0 aliphatic carbocycles. The number of rotatable bonds is 6. The van der Waals surface area contributed by atoms with Gasteiger partial charge < -0.3 is 4.98 Å². The molecule has 1 aliphatic rings. The van der Waals surface area contributed by atoms with Crippen molar-refractivity contribution in [2.75, 3.05) is 13.1 Å². The van der Waals surface area contributed by atoms with E-state index in [0.29, 0.717) is 5.92 Å². The fourth-order valence-corrected chi connectivity index (χ4v) is 5.75. The smallest absolute Gasteiger partial charge is 0.180 e. The monoisotopic (exact) mass is 525 g/mol. The van der Waals surface area contributed by atoms with Crippen molar-refractivity contribution in [1.29, 1.82) is 0 Å². The maximum absolute atomic E-state index is 4.60. The number of likely N-dealkylation sites (tertiary alicyclic amines) is 1. The summed E-state index contributed by atoms with van der Waals surface area (Å²) in [6.45, 7) is 5.04. The lowest BCUT2D eigenvalue weighted by molar-refractivity contribution is 0.202. The van der Waals surface area contributed by atoms with Crippen molar-refractivity contribution >= 4 is 5.65 Å². The van der Waals surface area contributed by atoms with Crippen LogP contribution in [0.3, 0.4) is 0 Å². The maximum atomic E-state index is 4.60. The topological polar surface area (TPSA) is 75.0 Å². The number of H-pyrrole nitrogens is 1. The summed E-state index contributed by atoms with van der Waals surface area (Å²) < 4.78 is 2.15. The number of aromatic amines is 1. The summed E-state index contributed by atoms with van der Waals surface area (Å²) in [6.07, 6.45) is 6.18. The van der Waals surface area contributed by atoms with E-state index in [0.717, 1.165) is 66.9 Å². The van der Waals surface area contributed by atoms with Crippen molar-refractivity contribution in [3.63, 3.8) is 0 Å². The van der Waals surface area contributed by atoms with Gasteiger partial charge in [0.15, 0.2) is 5.82 Å². The molecule has 40 heavy (non-hydrogen) atoms. The van der Waals surface area contributed by atoms with Gasteiger partial charge in [0.25, 0.3) is 0 Å². The number of benzene rings is 2. The van der Waals surface area contributed by atoms with Gasteiger partial charge in [0.1, 0.15) is 17.2 Å². The highest BCUT2D eigenvalue weighted by Gasteiger charge is 2.24. The van der Waals surface area contributed by atoms with Crippen LogP contribution in [0.4, 0.5) is 0 Å². The zero-order valence-corrected chi connectivity index (χ0v) is 22.5. The highest BCUT2D eigenvalue weighted by molar-refractivity contribution is 5.82. The molecule has 2 aromatic carbocycles. The molecule has 7 rings (SSSR count). The molecular weight excluding hydrogens is 494 g/mol. The van der Waals surface area contributed by atoms with Crippen LogP contribution in [0.15, 0.2) is 97.3 Å². The molecule has 1 aliphatic heterocycles. The van der Waals surface area contributed by atoms with Crippen molar-refractivity contribution in [3.8, 4) is 33.9 Å². The van der Waals surface area contributed by atoms with Gasteiger partial charge in [-0.05, 0) is 73.8 Å². The summed E-state index contributed by atoms with van der Waals surface area (Å²) in [4.78, 5) is 15.1. The minimum absolute atomic E-state index is 0.404. The van der Waals surface area contributed by atoms with Crippen LogP contribution in [0.2, 0.25) is 0 Å². The van der Waals surface area contributed by atoms with Gasteiger partial charge in [0.2, 0.25) is 0 Å².